The molecule has 1 amide bonds. The monoisotopic (exact) mass is 320 g/mol. The molecule has 1 aromatic heterocycles. The molecule has 24 heavy (non-hydrogen) atoms. The van der Waals surface area contributed by atoms with Crippen molar-refractivity contribution in [1.29, 1.82) is 5.41 Å². The molecular weight excluding hydrogens is 300 g/mol. The van der Waals surface area contributed by atoms with Crippen LogP contribution in [0.5, 0.6) is 0 Å². The van der Waals surface area contributed by atoms with E-state index in [1.807, 2.05) is 66.3 Å². The molecule has 0 bridgehead atoms. The van der Waals surface area contributed by atoms with Crippen molar-refractivity contribution in [2.45, 2.75) is 19.4 Å². The SMILES string of the molecule is C[C@H](CC=N)N(C)C(=O)c1ccc(-n2ncc3ccccc32)cc1. The Labute approximate surface area is 141 Å². The molecular formula is C19H20N4O. The van der Waals surface area contributed by atoms with Gasteiger partial charge in [0.05, 0.1) is 17.4 Å². The second-order valence-corrected chi connectivity index (χ2v) is 5.87. The average Bonchev–Trinajstić information content (AvgIpc) is 3.05. The highest BCUT2D eigenvalue weighted by atomic mass is 16.2. The molecule has 0 aliphatic heterocycles. The lowest BCUT2D eigenvalue weighted by Gasteiger charge is -2.23. The summed E-state index contributed by atoms with van der Waals surface area (Å²) in [6.07, 6.45) is 3.72. The van der Waals surface area contributed by atoms with Gasteiger partial charge < -0.3 is 10.3 Å². The highest BCUT2D eigenvalue weighted by Gasteiger charge is 2.16. The van der Waals surface area contributed by atoms with E-state index in [1.54, 1.807) is 11.9 Å². The zero-order valence-corrected chi connectivity index (χ0v) is 13.8. The molecule has 0 aliphatic carbocycles. The molecule has 0 fully saturated rings. The number of hydrogen-bond donors (Lipinski definition) is 1. The van der Waals surface area contributed by atoms with Gasteiger partial charge in [-0.2, -0.15) is 5.10 Å². The van der Waals surface area contributed by atoms with Crippen LogP contribution in [-0.2, 0) is 0 Å². The number of carbonyl (C=O) groups is 1. The molecule has 3 rings (SSSR count). The topological polar surface area (TPSA) is 62.0 Å². The van der Waals surface area contributed by atoms with Gasteiger partial charge >= 0.3 is 0 Å². The summed E-state index contributed by atoms with van der Waals surface area (Å²) in [4.78, 5) is 14.2. The number of rotatable bonds is 5. The maximum Gasteiger partial charge on any atom is 0.253 e. The Balaban J connectivity index is 1.85. The first-order chi connectivity index (χ1) is 11.6. The first kappa shape index (κ1) is 15.9. The van der Waals surface area contributed by atoms with Crippen LogP contribution in [-0.4, -0.2) is 39.9 Å². The van der Waals surface area contributed by atoms with Gasteiger partial charge in [-0.25, -0.2) is 4.68 Å². The molecule has 2 aromatic carbocycles. The zero-order valence-electron chi connectivity index (χ0n) is 13.8. The molecule has 1 N–H and O–H groups in total. The molecule has 1 atom stereocenters. The van der Waals surface area contributed by atoms with E-state index in [1.165, 1.54) is 6.21 Å². The number of hydrogen-bond acceptors (Lipinski definition) is 3. The van der Waals surface area contributed by atoms with Gasteiger partial charge in [0.2, 0.25) is 0 Å². The Morgan fingerprint density at radius 3 is 2.67 bits per heavy atom. The van der Waals surface area contributed by atoms with Crippen molar-refractivity contribution in [3.05, 3.63) is 60.3 Å². The third-order valence-corrected chi connectivity index (χ3v) is 4.28. The van der Waals surface area contributed by atoms with Crippen molar-refractivity contribution in [3.63, 3.8) is 0 Å². The largest absolute Gasteiger partial charge is 0.339 e. The van der Waals surface area contributed by atoms with Gasteiger partial charge in [-0.3, -0.25) is 4.79 Å². The number of carbonyl (C=O) groups excluding carboxylic acids is 1. The van der Waals surface area contributed by atoms with Crippen molar-refractivity contribution >= 4 is 23.0 Å². The smallest absolute Gasteiger partial charge is 0.253 e. The van der Waals surface area contributed by atoms with Crippen LogP contribution in [0.2, 0.25) is 0 Å². The number of benzene rings is 2. The van der Waals surface area contributed by atoms with Crippen LogP contribution < -0.4 is 0 Å². The number of aromatic nitrogens is 2. The van der Waals surface area contributed by atoms with Crippen LogP contribution in [0, 0.1) is 5.41 Å². The summed E-state index contributed by atoms with van der Waals surface area (Å²) in [6, 6.07) is 15.5. The minimum Gasteiger partial charge on any atom is -0.339 e. The molecule has 0 radical (unpaired) electrons. The lowest BCUT2D eigenvalue weighted by atomic mass is 10.1. The molecule has 0 saturated heterocycles. The Morgan fingerprint density at radius 2 is 1.96 bits per heavy atom. The minimum absolute atomic E-state index is 0.00438. The van der Waals surface area contributed by atoms with Gasteiger partial charge in [-0.1, -0.05) is 18.2 Å². The predicted molar refractivity (Wildman–Crippen MR) is 96.0 cm³/mol. The van der Waals surface area contributed by atoms with E-state index < -0.39 is 0 Å². The number of amides is 1. The molecule has 0 saturated carbocycles. The fraction of sp³-hybridized carbons (Fsp3) is 0.211. The highest BCUT2D eigenvalue weighted by Crippen LogP contribution is 2.19. The summed E-state index contributed by atoms with van der Waals surface area (Å²) < 4.78 is 1.87. The highest BCUT2D eigenvalue weighted by molar-refractivity contribution is 5.94. The minimum atomic E-state index is -0.0405. The van der Waals surface area contributed by atoms with E-state index in [2.05, 4.69) is 5.10 Å². The van der Waals surface area contributed by atoms with E-state index in [-0.39, 0.29) is 11.9 Å². The van der Waals surface area contributed by atoms with Crippen molar-refractivity contribution in [2.24, 2.45) is 0 Å². The standard InChI is InChI=1S/C19H20N4O/c1-14(11-12-20)22(2)19(24)15-7-9-17(10-8-15)23-18-6-4-3-5-16(18)13-21-23/h3-10,12-14,20H,11H2,1-2H3/t14-/m1/s1. The van der Waals surface area contributed by atoms with Gasteiger partial charge in [-0.15, -0.1) is 0 Å². The second-order valence-electron chi connectivity index (χ2n) is 5.87. The molecule has 3 aromatic rings. The molecule has 122 valence electrons. The molecule has 0 aliphatic rings. The molecule has 5 heteroatoms. The zero-order chi connectivity index (χ0) is 17.1. The van der Waals surface area contributed by atoms with Crippen molar-refractivity contribution in [3.8, 4) is 5.69 Å². The molecule has 1 heterocycles. The lowest BCUT2D eigenvalue weighted by molar-refractivity contribution is 0.0748. The maximum atomic E-state index is 12.5. The van der Waals surface area contributed by atoms with Crippen LogP contribution in [0.3, 0.4) is 0 Å². The van der Waals surface area contributed by atoms with Gasteiger partial charge in [0.1, 0.15) is 0 Å². The number of fused-ring (bicyclic) bond motifs is 1. The fourth-order valence-corrected chi connectivity index (χ4v) is 2.66. The molecule has 5 nitrogen and oxygen atoms in total. The Hall–Kier alpha value is -2.95. The van der Waals surface area contributed by atoms with Crippen molar-refractivity contribution in [1.82, 2.24) is 14.7 Å². The average molecular weight is 320 g/mol. The van der Waals surface area contributed by atoms with E-state index in [0.717, 1.165) is 16.6 Å². The van der Waals surface area contributed by atoms with Crippen molar-refractivity contribution in [2.75, 3.05) is 7.05 Å². The van der Waals surface area contributed by atoms with Crippen LogP contribution in [0.1, 0.15) is 23.7 Å². The molecule has 0 spiro atoms. The van der Waals surface area contributed by atoms with Crippen LogP contribution in [0.4, 0.5) is 0 Å². The maximum absolute atomic E-state index is 12.5. The van der Waals surface area contributed by atoms with Gasteiger partial charge in [0.25, 0.3) is 5.91 Å². The summed E-state index contributed by atoms with van der Waals surface area (Å²) in [5.41, 5.74) is 2.59. The summed E-state index contributed by atoms with van der Waals surface area (Å²) in [6.45, 7) is 1.94. The second kappa shape index (κ2) is 6.66. The van der Waals surface area contributed by atoms with Gasteiger partial charge in [0.15, 0.2) is 0 Å². The van der Waals surface area contributed by atoms with E-state index >= 15 is 0 Å². The van der Waals surface area contributed by atoms with E-state index in [4.69, 9.17) is 5.41 Å². The van der Waals surface area contributed by atoms with Crippen molar-refractivity contribution < 1.29 is 4.79 Å². The third kappa shape index (κ3) is 2.93. The summed E-state index contributed by atoms with van der Waals surface area (Å²) >= 11 is 0. The number of nitrogens with one attached hydrogen (secondary N) is 1. The summed E-state index contributed by atoms with van der Waals surface area (Å²) in [5, 5.41) is 12.7. The van der Waals surface area contributed by atoms with Crippen LogP contribution >= 0.6 is 0 Å². The molecule has 0 unspecified atom stereocenters. The Morgan fingerprint density at radius 1 is 1.25 bits per heavy atom. The summed E-state index contributed by atoms with van der Waals surface area (Å²) in [7, 11) is 1.77. The van der Waals surface area contributed by atoms with E-state index in [9.17, 15) is 4.79 Å². The Kier molecular flexibility index (Phi) is 4.42. The predicted octanol–water partition coefficient (Wildman–Crippen LogP) is 3.53. The van der Waals surface area contributed by atoms with Gasteiger partial charge in [0, 0.05) is 30.5 Å². The quantitative estimate of drug-likeness (QED) is 0.731. The summed E-state index contributed by atoms with van der Waals surface area (Å²) in [5.74, 6) is -0.0405. The Bertz CT molecular complexity index is 866. The van der Waals surface area contributed by atoms with Crippen LogP contribution in [0.25, 0.3) is 16.6 Å². The number of para-hydroxylation sites is 1. The fourth-order valence-electron chi connectivity index (χ4n) is 2.66. The first-order valence-corrected chi connectivity index (χ1v) is 7.91. The third-order valence-electron chi connectivity index (χ3n) is 4.28. The van der Waals surface area contributed by atoms with Gasteiger partial charge in [-0.05, 0) is 43.5 Å². The van der Waals surface area contributed by atoms with Crippen LogP contribution in [0.15, 0.2) is 54.7 Å². The first-order valence-electron chi connectivity index (χ1n) is 7.91. The number of nitrogens with zero attached hydrogens (tertiary/aromatic N) is 3. The van der Waals surface area contributed by atoms with E-state index in [0.29, 0.717) is 12.0 Å². The normalized spacial score (nSPS) is 12.1. The lowest BCUT2D eigenvalue weighted by Crippen LogP contribution is -2.35.